The molecule has 6 heteroatoms. The van der Waals surface area contributed by atoms with Crippen LogP contribution in [0.15, 0.2) is 53.9 Å². The number of rotatable bonds is 5. The highest BCUT2D eigenvalue weighted by molar-refractivity contribution is 7.13. The molecule has 0 bridgehead atoms. The van der Waals surface area contributed by atoms with Gasteiger partial charge in [0.15, 0.2) is 17.6 Å². The summed E-state index contributed by atoms with van der Waals surface area (Å²) in [4.78, 5) is 19.3. The monoisotopic (exact) mass is 394 g/mol. The first kappa shape index (κ1) is 18.5. The van der Waals surface area contributed by atoms with Gasteiger partial charge in [-0.15, -0.1) is 11.3 Å². The Morgan fingerprint density at radius 1 is 1.18 bits per heavy atom. The topological polar surface area (TPSA) is 51.7 Å². The number of hydrogen-bond donors (Lipinski definition) is 0. The summed E-state index contributed by atoms with van der Waals surface area (Å²) in [6.07, 6.45) is -0.200. The predicted octanol–water partition coefficient (Wildman–Crippen LogP) is 4.42. The summed E-state index contributed by atoms with van der Waals surface area (Å²) < 4.78 is 11.8. The largest absolute Gasteiger partial charge is 0.486 e. The lowest BCUT2D eigenvalue weighted by molar-refractivity contribution is 0.0472. The van der Waals surface area contributed by atoms with Crippen LogP contribution in [-0.2, 0) is 0 Å². The van der Waals surface area contributed by atoms with Crippen molar-refractivity contribution in [2.75, 3.05) is 19.7 Å². The number of carbonyl (C=O) groups is 1. The van der Waals surface area contributed by atoms with Gasteiger partial charge in [0.1, 0.15) is 17.3 Å². The maximum atomic E-state index is 13.0. The minimum atomic E-state index is -0.200. The summed E-state index contributed by atoms with van der Waals surface area (Å²) in [7, 11) is 0. The van der Waals surface area contributed by atoms with Gasteiger partial charge in [0, 0.05) is 17.5 Å². The Kier molecular flexibility index (Phi) is 5.30. The van der Waals surface area contributed by atoms with E-state index >= 15 is 0 Å². The van der Waals surface area contributed by atoms with Crippen LogP contribution in [0.25, 0.3) is 10.6 Å². The van der Waals surface area contributed by atoms with E-state index in [1.165, 1.54) is 16.9 Å². The molecule has 2 aromatic carbocycles. The van der Waals surface area contributed by atoms with Crippen molar-refractivity contribution in [2.45, 2.75) is 20.0 Å². The summed E-state index contributed by atoms with van der Waals surface area (Å²) in [5, 5.41) is 2.68. The molecule has 1 aliphatic rings. The number of carbonyl (C=O) groups excluding carboxylic acids is 1. The van der Waals surface area contributed by atoms with Gasteiger partial charge in [-0.05, 0) is 26.0 Å². The fourth-order valence-corrected chi connectivity index (χ4v) is 3.92. The van der Waals surface area contributed by atoms with Crippen LogP contribution in [0.3, 0.4) is 0 Å². The Morgan fingerprint density at radius 3 is 2.68 bits per heavy atom. The standard InChI is InChI=1S/C22H22N2O3S/c1-3-24(12-17-13-26-19-6-4-5-7-20(19)27-17)22(25)18-14-28-21(23-18)16-10-8-15(2)9-11-16/h4-11,14,17H,3,12-13H2,1-2H3. The van der Waals surface area contributed by atoms with Crippen molar-refractivity contribution in [1.29, 1.82) is 0 Å². The van der Waals surface area contributed by atoms with Crippen LogP contribution in [0.2, 0.25) is 0 Å². The lowest BCUT2D eigenvalue weighted by atomic mass is 10.2. The molecule has 0 fully saturated rings. The minimum absolute atomic E-state index is 0.0837. The van der Waals surface area contributed by atoms with Crippen LogP contribution in [0.4, 0.5) is 0 Å². The summed E-state index contributed by atoms with van der Waals surface area (Å²) >= 11 is 1.49. The number of nitrogens with zero attached hydrogens (tertiary/aromatic N) is 2. The second-order valence-electron chi connectivity index (χ2n) is 6.75. The molecular formula is C22H22N2O3S. The zero-order chi connectivity index (χ0) is 19.5. The zero-order valence-corrected chi connectivity index (χ0v) is 16.7. The van der Waals surface area contributed by atoms with E-state index in [9.17, 15) is 4.79 Å². The molecule has 1 amide bonds. The molecule has 1 atom stereocenters. The Balaban J connectivity index is 1.45. The van der Waals surface area contributed by atoms with Gasteiger partial charge in [-0.2, -0.15) is 0 Å². The Bertz CT molecular complexity index is 968. The van der Waals surface area contributed by atoms with Crippen molar-refractivity contribution in [3.8, 4) is 22.1 Å². The van der Waals surface area contributed by atoms with E-state index in [0.717, 1.165) is 22.1 Å². The van der Waals surface area contributed by atoms with Crippen molar-refractivity contribution in [3.05, 3.63) is 65.2 Å². The summed E-state index contributed by atoms with van der Waals surface area (Å²) in [5.41, 5.74) is 2.70. The molecule has 1 unspecified atom stereocenters. The van der Waals surface area contributed by atoms with Crippen molar-refractivity contribution in [1.82, 2.24) is 9.88 Å². The third kappa shape index (κ3) is 3.87. The second-order valence-corrected chi connectivity index (χ2v) is 7.60. The molecule has 0 radical (unpaired) electrons. The molecular weight excluding hydrogens is 372 g/mol. The molecule has 3 aromatic rings. The van der Waals surface area contributed by atoms with E-state index in [2.05, 4.69) is 24.0 Å². The molecule has 0 N–H and O–H groups in total. The Morgan fingerprint density at radius 2 is 1.93 bits per heavy atom. The first-order valence-corrected chi connectivity index (χ1v) is 10.2. The summed E-state index contributed by atoms with van der Waals surface area (Å²) in [6, 6.07) is 15.8. The van der Waals surface area contributed by atoms with Gasteiger partial charge in [-0.25, -0.2) is 4.98 Å². The Labute approximate surface area is 168 Å². The highest BCUT2D eigenvalue weighted by atomic mass is 32.1. The van der Waals surface area contributed by atoms with Crippen LogP contribution < -0.4 is 9.47 Å². The maximum absolute atomic E-state index is 13.0. The number of aromatic nitrogens is 1. The fraction of sp³-hybridized carbons (Fsp3) is 0.273. The lowest BCUT2D eigenvalue weighted by Gasteiger charge is -2.30. The molecule has 1 aliphatic heterocycles. The smallest absolute Gasteiger partial charge is 0.273 e. The normalized spacial score (nSPS) is 15.3. The minimum Gasteiger partial charge on any atom is -0.486 e. The summed E-state index contributed by atoms with van der Waals surface area (Å²) in [6.45, 7) is 5.48. The number of aryl methyl sites for hydroxylation is 1. The van der Waals surface area contributed by atoms with Crippen LogP contribution in [-0.4, -0.2) is 41.6 Å². The van der Waals surface area contributed by atoms with E-state index in [1.807, 2.05) is 48.7 Å². The highest BCUT2D eigenvalue weighted by Crippen LogP contribution is 2.31. The van der Waals surface area contributed by atoms with Crippen LogP contribution in [0.5, 0.6) is 11.5 Å². The fourth-order valence-electron chi connectivity index (χ4n) is 3.12. The molecule has 144 valence electrons. The summed E-state index contributed by atoms with van der Waals surface area (Å²) in [5.74, 6) is 1.38. The van der Waals surface area contributed by atoms with Gasteiger partial charge in [0.05, 0.1) is 6.54 Å². The number of ether oxygens (including phenoxy) is 2. The van der Waals surface area contributed by atoms with E-state index in [1.54, 1.807) is 4.90 Å². The zero-order valence-electron chi connectivity index (χ0n) is 15.9. The average Bonchev–Trinajstić information content (AvgIpc) is 3.22. The Hall–Kier alpha value is -2.86. The molecule has 5 nitrogen and oxygen atoms in total. The third-order valence-corrected chi connectivity index (χ3v) is 5.57. The van der Waals surface area contributed by atoms with Gasteiger partial charge < -0.3 is 14.4 Å². The molecule has 4 rings (SSSR count). The molecule has 2 heterocycles. The first-order chi connectivity index (χ1) is 13.6. The number of benzene rings is 2. The highest BCUT2D eigenvalue weighted by Gasteiger charge is 2.26. The van der Waals surface area contributed by atoms with E-state index in [-0.39, 0.29) is 12.0 Å². The lowest BCUT2D eigenvalue weighted by Crippen LogP contribution is -2.43. The van der Waals surface area contributed by atoms with Crippen molar-refractivity contribution in [3.63, 3.8) is 0 Å². The number of amides is 1. The van der Waals surface area contributed by atoms with Gasteiger partial charge in [0.2, 0.25) is 0 Å². The number of fused-ring (bicyclic) bond motifs is 1. The van der Waals surface area contributed by atoms with Crippen LogP contribution in [0, 0.1) is 6.92 Å². The van der Waals surface area contributed by atoms with E-state index in [0.29, 0.717) is 25.4 Å². The molecule has 1 aromatic heterocycles. The van der Waals surface area contributed by atoms with Gasteiger partial charge >= 0.3 is 0 Å². The first-order valence-electron chi connectivity index (χ1n) is 9.34. The maximum Gasteiger partial charge on any atom is 0.273 e. The van der Waals surface area contributed by atoms with Crippen molar-refractivity contribution in [2.24, 2.45) is 0 Å². The molecule has 0 aliphatic carbocycles. The number of thiazole rings is 1. The second kappa shape index (κ2) is 8.02. The quantitative estimate of drug-likeness (QED) is 0.643. The van der Waals surface area contributed by atoms with E-state index in [4.69, 9.17) is 9.47 Å². The SMILES string of the molecule is CCN(CC1COc2ccccc2O1)C(=O)c1csc(-c2ccc(C)cc2)n1. The van der Waals surface area contributed by atoms with Crippen LogP contribution in [0.1, 0.15) is 23.0 Å². The van der Waals surface area contributed by atoms with Crippen molar-refractivity contribution >= 4 is 17.2 Å². The third-order valence-electron chi connectivity index (χ3n) is 4.68. The molecule has 0 spiro atoms. The van der Waals surface area contributed by atoms with Gasteiger partial charge in [-0.3, -0.25) is 4.79 Å². The van der Waals surface area contributed by atoms with Gasteiger partial charge in [0.25, 0.3) is 5.91 Å². The number of hydrogen-bond acceptors (Lipinski definition) is 5. The predicted molar refractivity (Wildman–Crippen MR) is 110 cm³/mol. The molecule has 28 heavy (non-hydrogen) atoms. The number of para-hydroxylation sites is 2. The molecule has 0 saturated heterocycles. The van der Waals surface area contributed by atoms with E-state index < -0.39 is 0 Å². The molecule has 0 saturated carbocycles. The average molecular weight is 394 g/mol. The van der Waals surface area contributed by atoms with Crippen LogP contribution >= 0.6 is 11.3 Å². The number of likely N-dealkylation sites (N-methyl/N-ethyl adjacent to an activating group) is 1. The van der Waals surface area contributed by atoms with Gasteiger partial charge in [-0.1, -0.05) is 42.0 Å². The van der Waals surface area contributed by atoms with Crippen molar-refractivity contribution < 1.29 is 14.3 Å².